The highest BCUT2D eigenvalue weighted by molar-refractivity contribution is 7.89. The second-order valence-corrected chi connectivity index (χ2v) is 8.52. The molecule has 3 N–H and O–H groups in total. The van der Waals surface area contributed by atoms with Gasteiger partial charge in [-0.2, -0.15) is 4.31 Å². The van der Waals surface area contributed by atoms with Gasteiger partial charge in [-0.3, -0.25) is 15.6 Å². The minimum absolute atomic E-state index is 0.0778. The van der Waals surface area contributed by atoms with Crippen LogP contribution in [-0.4, -0.2) is 50.0 Å². The summed E-state index contributed by atoms with van der Waals surface area (Å²) in [4.78, 5) is 12.1. The number of halogens is 2. The molecule has 0 saturated carbocycles. The molecule has 1 fully saturated rings. The van der Waals surface area contributed by atoms with Crippen molar-refractivity contribution >= 4 is 38.9 Å². The SMILES string of the molecule is O=C(NNC(=S)Nc1ccccc1F)c1cc(S(=O)(=O)N2CCOCC2)ccc1F. The Kier molecular flexibility index (Phi) is 6.92. The molecule has 2 aromatic carbocycles. The maximum Gasteiger partial charge on any atom is 0.272 e. The molecule has 30 heavy (non-hydrogen) atoms. The number of hydrogen-bond donors (Lipinski definition) is 3. The Labute approximate surface area is 177 Å². The van der Waals surface area contributed by atoms with Crippen molar-refractivity contribution < 1.29 is 26.7 Å². The van der Waals surface area contributed by atoms with Gasteiger partial charge in [0.25, 0.3) is 5.91 Å². The number of anilines is 1. The van der Waals surface area contributed by atoms with Gasteiger partial charge >= 0.3 is 0 Å². The Morgan fingerprint density at radius 3 is 2.43 bits per heavy atom. The van der Waals surface area contributed by atoms with Crippen molar-refractivity contribution in [2.24, 2.45) is 0 Å². The van der Waals surface area contributed by atoms with Crippen LogP contribution in [0.4, 0.5) is 14.5 Å². The topological polar surface area (TPSA) is 99.8 Å². The van der Waals surface area contributed by atoms with Gasteiger partial charge in [-0.05, 0) is 42.5 Å². The van der Waals surface area contributed by atoms with Gasteiger partial charge in [0.05, 0.1) is 29.4 Å². The number of sulfonamides is 1. The highest BCUT2D eigenvalue weighted by atomic mass is 32.2. The van der Waals surface area contributed by atoms with E-state index in [-0.39, 0.29) is 42.0 Å². The quantitative estimate of drug-likeness (QED) is 0.475. The van der Waals surface area contributed by atoms with Crippen LogP contribution in [0.5, 0.6) is 0 Å². The molecule has 0 bridgehead atoms. The monoisotopic (exact) mass is 456 g/mol. The summed E-state index contributed by atoms with van der Waals surface area (Å²) < 4.78 is 59.5. The third kappa shape index (κ3) is 5.08. The third-order valence-electron chi connectivity index (χ3n) is 4.20. The number of benzene rings is 2. The van der Waals surface area contributed by atoms with Crippen LogP contribution >= 0.6 is 12.2 Å². The molecule has 1 aliphatic heterocycles. The molecule has 0 aromatic heterocycles. The molecule has 1 aliphatic rings. The Bertz CT molecular complexity index is 1060. The van der Waals surface area contributed by atoms with E-state index < -0.39 is 33.1 Å². The van der Waals surface area contributed by atoms with Crippen LogP contribution in [0.3, 0.4) is 0 Å². The second kappa shape index (κ2) is 9.43. The smallest absolute Gasteiger partial charge is 0.272 e. The molecule has 8 nitrogen and oxygen atoms in total. The molecular weight excluding hydrogens is 438 g/mol. The Morgan fingerprint density at radius 1 is 1.03 bits per heavy atom. The van der Waals surface area contributed by atoms with E-state index in [2.05, 4.69) is 16.2 Å². The number of rotatable bonds is 4. The first kappa shape index (κ1) is 22.0. The van der Waals surface area contributed by atoms with E-state index in [4.69, 9.17) is 17.0 Å². The van der Waals surface area contributed by atoms with Crippen molar-refractivity contribution in [2.45, 2.75) is 4.90 Å². The first-order valence-corrected chi connectivity index (χ1v) is 10.6. The van der Waals surface area contributed by atoms with Crippen LogP contribution in [0.25, 0.3) is 0 Å². The average Bonchev–Trinajstić information content (AvgIpc) is 2.74. The lowest BCUT2D eigenvalue weighted by Crippen LogP contribution is -2.44. The van der Waals surface area contributed by atoms with Crippen molar-refractivity contribution in [3.05, 3.63) is 59.7 Å². The van der Waals surface area contributed by atoms with E-state index in [9.17, 15) is 22.0 Å². The highest BCUT2D eigenvalue weighted by Crippen LogP contribution is 2.20. The van der Waals surface area contributed by atoms with Crippen LogP contribution < -0.4 is 16.2 Å². The zero-order valence-electron chi connectivity index (χ0n) is 15.5. The number of hydrazine groups is 1. The van der Waals surface area contributed by atoms with Crippen LogP contribution in [0.1, 0.15) is 10.4 Å². The minimum Gasteiger partial charge on any atom is -0.379 e. The standard InChI is InChI=1S/C18H18F2N4O4S2/c19-14-6-5-12(30(26,27)24-7-9-28-10-8-24)11-13(14)17(25)22-23-18(29)21-16-4-2-1-3-15(16)20/h1-6,11H,7-10H2,(H,22,25)(H2,21,23,29). The number of amides is 1. The molecule has 0 unspecified atom stereocenters. The number of morpholine rings is 1. The van der Waals surface area contributed by atoms with Gasteiger partial charge in [-0.25, -0.2) is 17.2 Å². The van der Waals surface area contributed by atoms with Gasteiger partial charge in [0.1, 0.15) is 11.6 Å². The molecular formula is C18H18F2N4O4S2. The Balaban J connectivity index is 1.69. The molecule has 12 heteroatoms. The lowest BCUT2D eigenvalue weighted by atomic mass is 10.2. The van der Waals surface area contributed by atoms with Crippen molar-refractivity contribution in [1.82, 2.24) is 15.2 Å². The second-order valence-electron chi connectivity index (χ2n) is 6.17. The maximum atomic E-state index is 14.2. The number of hydrogen-bond acceptors (Lipinski definition) is 5. The molecule has 160 valence electrons. The molecule has 1 amide bonds. The van der Waals surface area contributed by atoms with E-state index in [1.165, 1.54) is 22.5 Å². The van der Waals surface area contributed by atoms with Crippen LogP contribution in [0.2, 0.25) is 0 Å². The zero-order valence-corrected chi connectivity index (χ0v) is 17.2. The van der Waals surface area contributed by atoms with Crippen LogP contribution in [0, 0.1) is 11.6 Å². The molecule has 0 atom stereocenters. The number of carbonyl (C=O) groups excluding carboxylic acids is 1. The number of ether oxygens (including phenoxy) is 1. The molecule has 0 spiro atoms. The highest BCUT2D eigenvalue weighted by Gasteiger charge is 2.28. The number of carbonyl (C=O) groups is 1. The fourth-order valence-electron chi connectivity index (χ4n) is 2.67. The van der Waals surface area contributed by atoms with Crippen molar-refractivity contribution in [1.29, 1.82) is 0 Å². The predicted octanol–water partition coefficient (Wildman–Crippen LogP) is 1.62. The van der Waals surface area contributed by atoms with Gasteiger partial charge in [-0.1, -0.05) is 12.1 Å². The molecule has 0 aliphatic carbocycles. The number of nitrogens with one attached hydrogen (secondary N) is 3. The normalized spacial score (nSPS) is 14.7. The molecule has 0 radical (unpaired) electrons. The van der Waals surface area contributed by atoms with Gasteiger partial charge in [0.2, 0.25) is 10.0 Å². The van der Waals surface area contributed by atoms with Crippen molar-refractivity contribution in [3.8, 4) is 0 Å². The number of nitrogens with zero attached hydrogens (tertiary/aromatic N) is 1. The predicted molar refractivity (Wildman–Crippen MR) is 109 cm³/mol. The molecule has 2 aromatic rings. The molecule has 3 rings (SSSR count). The van der Waals surface area contributed by atoms with Crippen LogP contribution in [0.15, 0.2) is 47.4 Å². The molecule has 1 saturated heterocycles. The summed E-state index contributed by atoms with van der Waals surface area (Å²) in [6.45, 7) is 0.839. The Morgan fingerprint density at radius 2 is 1.73 bits per heavy atom. The first-order valence-electron chi connectivity index (χ1n) is 8.78. The lowest BCUT2D eigenvalue weighted by Gasteiger charge is -2.26. The Hall–Kier alpha value is -2.67. The summed E-state index contributed by atoms with van der Waals surface area (Å²) in [5, 5.41) is 2.39. The summed E-state index contributed by atoms with van der Waals surface area (Å²) in [5.74, 6) is -2.42. The van der Waals surface area contributed by atoms with E-state index >= 15 is 0 Å². The average molecular weight is 456 g/mol. The van der Waals surface area contributed by atoms with Gasteiger partial charge < -0.3 is 10.1 Å². The fraction of sp³-hybridized carbons (Fsp3) is 0.222. The van der Waals surface area contributed by atoms with E-state index in [0.717, 1.165) is 18.2 Å². The van der Waals surface area contributed by atoms with E-state index in [1.807, 2.05) is 0 Å². The molecule has 1 heterocycles. The largest absolute Gasteiger partial charge is 0.379 e. The van der Waals surface area contributed by atoms with E-state index in [1.54, 1.807) is 6.07 Å². The van der Waals surface area contributed by atoms with Gasteiger partial charge in [-0.15, -0.1) is 0 Å². The number of thiocarbonyl (C=S) groups is 1. The van der Waals surface area contributed by atoms with Crippen molar-refractivity contribution in [2.75, 3.05) is 31.6 Å². The van der Waals surface area contributed by atoms with Gasteiger partial charge in [0, 0.05) is 13.1 Å². The lowest BCUT2D eigenvalue weighted by molar-refractivity contribution is 0.0730. The summed E-state index contributed by atoms with van der Waals surface area (Å²) >= 11 is 4.96. The summed E-state index contributed by atoms with van der Waals surface area (Å²) in [6, 6.07) is 8.68. The maximum absolute atomic E-state index is 14.2. The summed E-state index contributed by atoms with van der Waals surface area (Å²) in [5.41, 5.74) is 4.05. The van der Waals surface area contributed by atoms with E-state index in [0.29, 0.717) is 0 Å². The first-order chi connectivity index (χ1) is 14.3. The summed E-state index contributed by atoms with van der Waals surface area (Å²) in [6.07, 6.45) is 0. The van der Waals surface area contributed by atoms with Crippen molar-refractivity contribution in [3.63, 3.8) is 0 Å². The van der Waals surface area contributed by atoms with Gasteiger partial charge in [0.15, 0.2) is 5.11 Å². The fourth-order valence-corrected chi connectivity index (χ4v) is 4.27. The van der Waals surface area contributed by atoms with Crippen LogP contribution in [-0.2, 0) is 14.8 Å². The zero-order chi connectivity index (χ0) is 21.7. The third-order valence-corrected chi connectivity index (χ3v) is 6.30. The minimum atomic E-state index is -3.91. The summed E-state index contributed by atoms with van der Waals surface area (Å²) in [7, 11) is -3.91. The number of para-hydroxylation sites is 1.